The first-order chi connectivity index (χ1) is 57.4. The number of thioether (sulfide) groups is 1. The molecule has 30 nitrogen and oxygen atoms in total. The average Bonchev–Trinajstić information content (AvgIpc) is 1.64. The zero-order valence-electron chi connectivity index (χ0n) is 69.0. The van der Waals surface area contributed by atoms with Crippen LogP contribution in [-0.2, 0) is 89.9 Å². The molecule has 622 valence electrons. The van der Waals surface area contributed by atoms with Gasteiger partial charge in [-0.25, -0.2) is 31.6 Å². The second-order valence-corrected chi connectivity index (χ2v) is 33.1. The topological polar surface area (TPSA) is 410 Å². The Kier molecular flexibility index (Phi) is 23.5. The number of hydrogen-bond acceptors (Lipinski definition) is 24. The average molecular weight is 1620 g/mol. The van der Waals surface area contributed by atoms with Crippen molar-refractivity contribution in [2.24, 2.45) is 0 Å². The quantitative estimate of drug-likeness (QED) is 0.0450. The zero-order chi connectivity index (χ0) is 82.2. The minimum Gasteiger partial charge on any atom is -0.395 e. The third-order valence-corrected chi connectivity index (χ3v) is 24.9. The molecule has 31 heteroatoms. The predicted molar refractivity (Wildman–Crippen MR) is 479 cm³/mol. The highest BCUT2D eigenvalue weighted by molar-refractivity contribution is 7.98. The highest BCUT2D eigenvalue weighted by Gasteiger charge is 2.28. The number of rotatable bonds is 14. The van der Waals surface area contributed by atoms with E-state index in [4.69, 9.17) is 60.6 Å². The number of pyridine rings is 7. The van der Waals surface area contributed by atoms with Crippen LogP contribution in [0.1, 0.15) is 150 Å². The van der Waals surface area contributed by atoms with Crippen LogP contribution in [0.5, 0.6) is 0 Å². The number of fused-ring (bicyclic) bond motifs is 21. The summed E-state index contributed by atoms with van der Waals surface area (Å²) in [4.78, 5) is 6.11. The van der Waals surface area contributed by atoms with Crippen molar-refractivity contribution >= 4 is 125 Å². The first-order valence-electron chi connectivity index (χ1n) is 42.1. The van der Waals surface area contributed by atoms with Crippen LogP contribution in [0.25, 0.3) is 38.6 Å². The molecule has 14 aromatic rings. The molecular formula is C87H115N27O3S. The molecule has 8 aliphatic rings. The van der Waals surface area contributed by atoms with Crippen LogP contribution in [0.15, 0.2) is 90.0 Å². The van der Waals surface area contributed by atoms with E-state index in [1.165, 1.54) is 156 Å². The summed E-state index contributed by atoms with van der Waals surface area (Å²) in [5.74, 6) is 4.75. The molecule has 1 saturated heterocycles. The van der Waals surface area contributed by atoms with E-state index in [0.717, 1.165) is 179 Å². The van der Waals surface area contributed by atoms with Gasteiger partial charge in [0, 0.05) is 99.8 Å². The van der Waals surface area contributed by atoms with Gasteiger partial charge in [0.05, 0.1) is 64.1 Å². The number of aliphatic hydroxyl groups is 3. The first-order valence-corrected chi connectivity index (χ1v) is 43.4. The van der Waals surface area contributed by atoms with Gasteiger partial charge in [0.2, 0.25) is 0 Å². The minimum atomic E-state index is 0.00538. The van der Waals surface area contributed by atoms with Crippen molar-refractivity contribution in [2.75, 3.05) is 151 Å². The van der Waals surface area contributed by atoms with Crippen molar-refractivity contribution in [3.05, 3.63) is 164 Å². The smallest absolute Gasteiger partial charge is 0.175 e. The summed E-state index contributed by atoms with van der Waals surface area (Å²) in [6, 6.07) is 30.1. The van der Waals surface area contributed by atoms with Crippen molar-refractivity contribution in [1.82, 2.24) is 67.3 Å². The molecule has 20 N–H and O–H groups in total. The highest BCUT2D eigenvalue weighted by atomic mass is 32.2. The molecule has 0 atom stereocenters. The summed E-state index contributed by atoms with van der Waals surface area (Å²) in [6.45, 7) is 7.75. The summed E-state index contributed by atoms with van der Waals surface area (Å²) < 4.78 is 14.0. The van der Waals surface area contributed by atoms with Crippen LogP contribution in [0.4, 0.5) is 74.7 Å². The second kappa shape index (κ2) is 34.6. The molecule has 118 heavy (non-hydrogen) atoms. The molecule has 0 saturated carbocycles. The van der Waals surface area contributed by atoms with Gasteiger partial charge < -0.3 is 86.1 Å². The molecule has 0 aromatic carbocycles. The lowest BCUT2D eigenvalue weighted by Crippen LogP contribution is -2.30. The number of nitrogens with one attached hydrogen (secondary N) is 3. The van der Waals surface area contributed by atoms with Gasteiger partial charge in [0.15, 0.2) is 34.9 Å². The predicted octanol–water partition coefficient (Wildman–Crippen LogP) is 10.3. The molecule has 22 rings (SSSR count). The Morgan fingerprint density at radius 1 is 0.373 bits per heavy atom. The van der Waals surface area contributed by atoms with Gasteiger partial charge in [0.25, 0.3) is 0 Å². The summed E-state index contributed by atoms with van der Waals surface area (Å²) in [5, 5.41) is 69.5. The molecular weight excluding hydrogens is 1500 g/mol. The third-order valence-electron chi connectivity index (χ3n) is 24.2. The second-order valence-electron chi connectivity index (χ2n) is 32.3. The molecule has 0 unspecified atom stereocenters. The van der Waals surface area contributed by atoms with Crippen molar-refractivity contribution in [1.29, 1.82) is 0 Å². The van der Waals surface area contributed by atoms with Gasteiger partial charge in [-0.2, -0.15) is 5.10 Å². The van der Waals surface area contributed by atoms with Gasteiger partial charge in [-0.3, -0.25) is 0 Å². The fourth-order valence-electron chi connectivity index (χ4n) is 18.4. The Balaban J connectivity index is 0.000000103. The normalized spacial score (nSPS) is 15.0. The Hall–Kier alpha value is -11.5. The van der Waals surface area contributed by atoms with E-state index in [1.54, 1.807) is 11.8 Å². The zero-order valence-corrected chi connectivity index (χ0v) is 69.8. The van der Waals surface area contributed by atoms with Gasteiger partial charge in [-0.1, -0.05) is 42.5 Å². The lowest BCUT2D eigenvalue weighted by atomic mass is 10.2. The number of aromatic nitrogens is 14. The number of aryl methyl sites for hydroxylation is 14. The number of hydrogen-bond donors (Lipinski definition) is 13. The number of nitrogens with two attached hydrogens (primary N) is 7. The Morgan fingerprint density at radius 3 is 1.07 bits per heavy atom. The van der Waals surface area contributed by atoms with E-state index in [1.807, 2.05) is 76.4 Å². The highest BCUT2D eigenvalue weighted by Crippen LogP contribution is 2.39. The van der Waals surface area contributed by atoms with E-state index in [2.05, 4.69) is 143 Å². The molecule has 15 heterocycles. The standard InChI is InChI=1S/C14H20N4O2.C14H18N4.C13H18N4.C12H16N4O.C12H16N4.C11H14N4.C11H13N3S/c15-13-12-5-4-10-2-1-3-11(10)18(12)16-14(13)17(6-8-19)7-9-20;15-13-12-7-6-10-4-3-5-11(10)18(12)16-14(13)17-8-1-2-9-17;1-8(2)15-13-12(14)11-7-6-9-4-3-5-10(9)17(11)16-13;13-11-10-5-4-8-2-1-3-9(8)16(10)15-12(11)14-6-7-17;1-15(2)12-11(13)10-7-6-8-4-3-5-9(8)16(10)14-12;1-13-11-10(12)9-6-5-7-3-2-4-8(7)15(9)14-11;1-15-11-10(12)9-6-5-7-3-2-4-8(7)14(9)13-11/h4-5,19-20H,1-3,6-9,15H2;6-7H,1-5,8-9,15H2;6-8H,3-5,14H2,1-2H3,(H,15,16);4-5,17H,1-3,6-7,13H2,(H,14,15);6-7H,3-5,13H2,1-2H3;5-6H,2-4,12H2,1H3,(H,13,14);5-6H,2-4,12H2,1H3. The summed E-state index contributed by atoms with van der Waals surface area (Å²) in [7, 11) is 5.79. The van der Waals surface area contributed by atoms with Crippen LogP contribution in [0, 0.1) is 0 Å². The van der Waals surface area contributed by atoms with Crippen LogP contribution in [0.2, 0.25) is 0 Å². The summed E-state index contributed by atoms with van der Waals surface area (Å²) >= 11 is 1.61. The van der Waals surface area contributed by atoms with Crippen LogP contribution in [0.3, 0.4) is 0 Å². The van der Waals surface area contributed by atoms with Crippen LogP contribution in [-0.4, -0.2) is 169 Å². The largest absolute Gasteiger partial charge is 0.395 e. The van der Waals surface area contributed by atoms with Crippen molar-refractivity contribution in [2.45, 2.75) is 173 Å². The summed E-state index contributed by atoms with van der Waals surface area (Å²) in [5.41, 5.74) is 74.1. The fraction of sp³-hybridized carbons (Fsp3) is 0.437. The maximum absolute atomic E-state index is 9.15. The lowest BCUT2D eigenvalue weighted by molar-refractivity contribution is 0.280. The van der Waals surface area contributed by atoms with E-state index in [0.29, 0.717) is 48.7 Å². The maximum Gasteiger partial charge on any atom is 0.175 e. The first kappa shape index (κ1) is 80.3. The van der Waals surface area contributed by atoms with Gasteiger partial charge in [-0.05, 0) is 249 Å². The van der Waals surface area contributed by atoms with Crippen molar-refractivity contribution in [3.63, 3.8) is 0 Å². The van der Waals surface area contributed by atoms with Gasteiger partial charge in [0.1, 0.15) is 39.2 Å². The molecule has 1 aliphatic heterocycles. The Morgan fingerprint density at radius 2 is 0.695 bits per heavy atom. The summed E-state index contributed by atoms with van der Waals surface area (Å²) in [6.07, 6.45) is 28.8. The number of nitrogen functional groups attached to an aromatic ring is 7. The fourth-order valence-corrected chi connectivity index (χ4v) is 18.9. The van der Waals surface area contributed by atoms with Crippen molar-refractivity contribution in [3.8, 4) is 0 Å². The monoisotopic (exact) mass is 1620 g/mol. The third kappa shape index (κ3) is 15.3. The molecule has 0 amide bonds. The molecule has 0 spiro atoms. The number of anilines is 13. The van der Waals surface area contributed by atoms with Gasteiger partial charge in [-0.15, -0.1) is 42.4 Å². The maximum atomic E-state index is 9.15. The lowest BCUT2D eigenvalue weighted by Gasteiger charge is -2.20. The Bertz CT molecular complexity index is 5910. The minimum absolute atomic E-state index is 0.00538. The van der Waals surface area contributed by atoms with E-state index >= 15 is 0 Å². The SMILES string of the molecule is CC(C)Nc1nn2c3c(ccc2c1N)CCC3.CN(C)c1nn2c3c(ccc2c1N)CCC3.CNc1nn2c3c(ccc2c1N)CCC3.CSc1nn2c3c(ccc2c1N)CCC3.Nc1c(N(CCO)CCO)nn2c3c(ccc12)CCC3.Nc1c(N2CCCC2)nn2c3c(ccc12)CCC3.Nc1c(NCCO)nn2c3c(ccc12)CCC3. The molecule has 0 bridgehead atoms. The van der Waals surface area contributed by atoms with E-state index in [9.17, 15) is 0 Å². The number of aliphatic hydroxyl groups excluding tert-OH is 3. The molecule has 7 aliphatic carbocycles. The van der Waals surface area contributed by atoms with Gasteiger partial charge >= 0.3 is 0 Å². The molecule has 0 radical (unpaired) electrons. The van der Waals surface area contributed by atoms with Crippen molar-refractivity contribution < 1.29 is 15.3 Å². The Labute approximate surface area is 691 Å². The van der Waals surface area contributed by atoms with E-state index < -0.39 is 0 Å². The number of nitrogens with zero attached hydrogens (tertiary/aromatic N) is 17. The van der Waals surface area contributed by atoms with Crippen LogP contribution < -0.4 is 70.8 Å². The van der Waals surface area contributed by atoms with Crippen LogP contribution >= 0.6 is 11.8 Å². The molecule has 1 fully saturated rings. The molecule has 14 aromatic heterocycles. The van der Waals surface area contributed by atoms with E-state index in [-0.39, 0.29) is 19.8 Å².